The Balaban J connectivity index is 2.23. The molecule has 0 aliphatic carbocycles. The van der Waals surface area contributed by atoms with Gasteiger partial charge in [0.25, 0.3) is 0 Å². The number of nitrogens with one attached hydrogen (secondary N) is 1. The summed E-state index contributed by atoms with van der Waals surface area (Å²) >= 11 is 0. The first-order valence-corrected chi connectivity index (χ1v) is 9.71. The molecular weight excluding hydrogens is 354 g/mol. The summed E-state index contributed by atoms with van der Waals surface area (Å²) < 4.78 is 16.1. The third kappa shape index (κ3) is 5.18. The van der Waals surface area contributed by atoms with Gasteiger partial charge >= 0.3 is 0 Å². The topological polar surface area (TPSA) is 56.8 Å². The van der Waals surface area contributed by atoms with Crippen LogP contribution in [0.2, 0.25) is 0 Å². The second-order valence-corrected chi connectivity index (χ2v) is 6.74. The SMILES string of the molecule is CCC(CC)[C@@H](NC(=O)Cc1cc(OC)c(OC)c(OC)c1)c1ccccc1. The molecule has 2 rings (SSSR count). The molecule has 0 aliphatic rings. The number of hydrogen-bond acceptors (Lipinski definition) is 4. The first-order valence-electron chi connectivity index (χ1n) is 9.71. The van der Waals surface area contributed by atoms with E-state index < -0.39 is 0 Å². The predicted molar refractivity (Wildman–Crippen MR) is 111 cm³/mol. The van der Waals surface area contributed by atoms with Crippen molar-refractivity contribution < 1.29 is 19.0 Å². The summed E-state index contributed by atoms with van der Waals surface area (Å²) in [6.07, 6.45) is 2.24. The van der Waals surface area contributed by atoms with Crippen molar-refractivity contribution in [1.82, 2.24) is 5.32 Å². The van der Waals surface area contributed by atoms with Crippen LogP contribution in [0.4, 0.5) is 0 Å². The first kappa shape index (κ1) is 21.6. The Morgan fingerprint density at radius 1 is 0.929 bits per heavy atom. The molecule has 2 aromatic rings. The molecule has 0 aliphatic heterocycles. The normalized spacial score (nSPS) is 11.8. The van der Waals surface area contributed by atoms with Gasteiger partial charge in [-0.05, 0) is 29.2 Å². The molecule has 0 aromatic heterocycles. The van der Waals surface area contributed by atoms with Crippen molar-refractivity contribution >= 4 is 5.91 Å². The van der Waals surface area contributed by atoms with E-state index in [-0.39, 0.29) is 18.4 Å². The van der Waals surface area contributed by atoms with Gasteiger partial charge < -0.3 is 19.5 Å². The van der Waals surface area contributed by atoms with Crippen LogP contribution in [0.25, 0.3) is 0 Å². The lowest BCUT2D eigenvalue weighted by molar-refractivity contribution is -0.121. The Bertz CT molecular complexity index is 731. The van der Waals surface area contributed by atoms with Crippen LogP contribution in [0.3, 0.4) is 0 Å². The maximum absolute atomic E-state index is 12.9. The minimum Gasteiger partial charge on any atom is -0.493 e. The van der Waals surface area contributed by atoms with E-state index in [0.717, 1.165) is 24.0 Å². The smallest absolute Gasteiger partial charge is 0.224 e. The molecule has 0 fully saturated rings. The van der Waals surface area contributed by atoms with Gasteiger partial charge in [0, 0.05) is 0 Å². The number of carbonyl (C=O) groups excluding carboxylic acids is 1. The molecule has 5 nitrogen and oxygen atoms in total. The van der Waals surface area contributed by atoms with Gasteiger partial charge in [0.05, 0.1) is 33.8 Å². The van der Waals surface area contributed by atoms with Crippen LogP contribution in [0.1, 0.15) is 43.9 Å². The lowest BCUT2D eigenvalue weighted by atomic mass is 9.88. The van der Waals surface area contributed by atoms with Crippen molar-refractivity contribution in [2.24, 2.45) is 5.92 Å². The standard InChI is InChI=1S/C23H31NO4/c1-6-17(7-2)22(18-11-9-8-10-12-18)24-21(25)15-16-13-19(26-3)23(28-5)20(14-16)27-4/h8-14,17,22H,6-7,15H2,1-5H3,(H,24,25)/t22-/m1/s1. The van der Waals surface area contributed by atoms with Gasteiger partial charge in [-0.25, -0.2) is 0 Å². The fourth-order valence-corrected chi connectivity index (χ4v) is 3.54. The third-order valence-corrected chi connectivity index (χ3v) is 5.08. The zero-order chi connectivity index (χ0) is 20.5. The second kappa shape index (κ2) is 10.6. The van der Waals surface area contributed by atoms with Gasteiger partial charge in [-0.1, -0.05) is 57.0 Å². The summed E-state index contributed by atoms with van der Waals surface area (Å²) in [7, 11) is 4.70. The van der Waals surface area contributed by atoms with E-state index in [9.17, 15) is 4.79 Å². The molecule has 0 saturated heterocycles. The number of benzene rings is 2. The third-order valence-electron chi connectivity index (χ3n) is 5.08. The average Bonchev–Trinajstić information content (AvgIpc) is 2.73. The van der Waals surface area contributed by atoms with Crippen molar-refractivity contribution in [2.45, 2.75) is 39.2 Å². The van der Waals surface area contributed by atoms with Crippen molar-refractivity contribution in [3.05, 3.63) is 53.6 Å². The fraction of sp³-hybridized carbons (Fsp3) is 0.435. The van der Waals surface area contributed by atoms with E-state index in [0.29, 0.717) is 23.2 Å². The van der Waals surface area contributed by atoms with Crippen LogP contribution in [-0.4, -0.2) is 27.2 Å². The number of methoxy groups -OCH3 is 3. The van der Waals surface area contributed by atoms with E-state index >= 15 is 0 Å². The number of amides is 1. The lowest BCUT2D eigenvalue weighted by Gasteiger charge is -2.27. The fourth-order valence-electron chi connectivity index (χ4n) is 3.54. The molecule has 0 unspecified atom stereocenters. The summed E-state index contributed by atoms with van der Waals surface area (Å²) in [5.41, 5.74) is 1.94. The van der Waals surface area contributed by atoms with Crippen LogP contribution in [0.5, 0.6) is 17.2 Å². The minimum atomic E-state index is -0.0324. The van der Waals surface area contributed by atoms with Crippen molar-refractivity contribution in [2.75, 3.05) is 21.3 Å². The first-order chi connectivity index (χ1) is 13.6. The van der Waals surface area contributed by atoms with Crippen molar-refractivity contribution in [3.8, 4) is 17.2 Å². The Hall–Kier alpha value is -2.69. The van der Waals surface area contributed by atoms with E-state index in [2.05, 4.69) is 31.3 Å². The highest BCUT2D eigenvalue weighted by molar-refractivity contribution is 5.79. The second-order valence-electron chi connectivity index (χ2n) is 6.74. The Labute approximate surface area is 168 Å². The van der Waals surface area contributed by atoms with E-state index in [4.69, 9.17) is 14.2 Å². The van der Waals surface area contributed by atoms with Gasteiger partial charge in [-0.2, -0.15) is 0 Å². The molecule has 0 saturated carbocycles. The highest BCUT2D eigenvalue weighted by Crippen LogP contribution is 2.38. The summed E-state index contributed by atoms with van der Waals surface area (Å²) in [6.45, 7) is 4.32. The molecule has 0 spiro atoms. The average molecular weight is 386 g/mol. The van der Waals surface area contributed by atoms with Gasteiger partial charge in [-0.3, -0.25) is 4.79 Å². The molecular formula is C23H31NO4. The minimum absolute atomic E-state index is 0.00857. The number of rotatable bonds is 10. The predicted octanol–water partition coefficient (Wildman–Crippen LogP) is 4.55. The molecule has 0 radical (unpaired) electrons. The molecule has 2 aromatic carbocycles. The van der Waals surface area contributed by atoms with Crippen molar-refractivity contribution in [3.63, 3.8) is 0 Å². The summed E-state index contributed by atoms with van der Waals surface area (Å²) in [5.74, 6) is 1.96. The maximum Gasteiger partial charge on any atom is 0.224 e. The Kier molecular flexibility index (Phi) is 8.18. The summed E-state index contributed by atoms with van der Waals surface area (Å²) in [4.78, 5) is 12.9. The molecule has 5 heteroatoms. The Morgan fingerprint density at radius 3 is 1.96 bits per heavy atom. The zero-order valence-electron chi connectivity index (χ0n) is 17.5. The van der Waals surface area contributed by atoms with Crippen LogP contribution in [0, 0.1) is 5.92 Å². The highest BCUT2D eigenvalue weighted by atomic mass is 16.5. The van der Waals surface area contributed by atoms with Crippen LogP contribution in [-0.2, 0) is 11.2 Å². The number of ether oxygens (including phenoxy) is 3. The molecule has 28 heavy (non-hydrogen) atoms. The molecule has 1 atom stereocenters. The van der Waals surface area contributed by atoms with E-state index in [1.165, 1.54) is 0 Å². The highest BCUT2D eigenvalue weighted by Gasteiger charge is 2.23. The number of carbonyl (C=O) groups is 1. The van der Waals surface area contributed by atoms with Gasteiger partial charge in [-0.15, -0.1) is 0 Å². The zero-order valence-corrected chi connectivity index (χ0v) is 17.5. The molecule has 1 amide bonds. The van der Waals surface area contributed by atoms with E-state index in [1.54, 1.807) is 21.3 Å². The van der Waals surface area contributed by atoms with Gasteiger partial charge in [0.2, 0.25) is 11.7 Å². The molecule has 152 valence electrons. The van der Waals surface area contributed by atoms with E-state index in [1.807, 2.05) is 30.3 Å². The summed E-state index contributed by atoms with van der Waals surface area (Å²) in [5, 5.41) is 3.24. The molecule has 0 heterocycles. The summed E-state index contributed by atoms with van der Waals surface area (Å²) in [6, 6.07) is 13.8. The van der Waals surface area contributed by atoms with Crippen LogP contribution in [0.15, 0.2) is 42.5 Å². The van der Waals surface area contributed by atoms with Gasteiger partial charge in [0.1, 0.15) is 0 Å². The van der Waals surface area contributed by atoms with Crippen LogP contribution >= 0.6 is 0 Å². The monoisotopic (exact) mass is 385 g/mol. The number of hydrogen-bond donors (Lipinski definition) is 1. The molecule has 0 bridgehead atoms. The van der Waals surface area contributed by atoms with Crippen molar-refractivity contribution in [1.29, 1.82) is 0 Å². The maximum atomic E-state index is 12.9. The van der Waals surface area contributed by atoms with Gasteiger partial charge in [0.15, 0.2) is 11.5 Å². The lowest BCUT2D eigenvalue weighted by Crippen LogP contribution is -2.34. The van der Waals surface area contributed by atoms with Crippen LogP contribution < -0.4 is 19.5 Å². The Morgan fingerprint density at radius 2 is 1.50 bits per heavy atom. The molecule has 1 N–H and O–H groups in total. The largest absolute Gasteiger partial charge is 0.493 e. The quantitative estimate of drug-likeness (QED) is 0.652.